The number of benzene rings is 4. The molecule has 190 valence electrons. The van der Waals surface area contributed by atoms with Crippen molar-refractivity contribution in [2.75, 3.05) is 25.0 Å². The number of piperidine rings is 1. The summed E-state index contributed by atoms with van der Waals surface area (Å²) in [5, 5.41) is 4.97. The molecule has 5 aromatic rings. The molecule has 7 nitrogen and oxygen atoms in total. The first kappa shape index (κ1) is 23.7. The Bertz CT molecular complexity index is 1600. The van der Waals surface area contributed by atoms with Crippen molar-refractivity contribution in [2.24, 2.45) is 0 Å². The SMILES string of the molecule is O=C(COc1cccc2ccccc12)Nc1ccc(C2CCN(C(=O)c3ccc4ncoc4c3)CC2)cc1. The zero-order valence-electron chi connectivity index (χ0n) is 20.8. The molecule has 0 saturated carbocycles. The normalized spacial score (nSPS) is 14.1. The monoisotopic (exact) mass is 505 g/mol. The van der Waals surface area contributed by atoms with Gasteiger partial charge in [0.2, 0.25) is 0 Å². The van der Waals surface area contributed by atoms with Crippen LogP contribution in [0.5, 0.6) is 5.75 Å². The predicted molar refractivity (Wildman–Crippen MR) is 146 cm³/mol. The maximum atomic E-state index is 13.0. The van der Waals surface area contributed by atoms with Gasteiger partial charge in [-0.25, -0.2) is 4.98 Å². The molecule has 2 amide bonds. The molecule has 0 radical (unpaired) electrons. The van der Waals surface area contributed by atoms with Gasteiger partial charge in [-0.3, -0.25) is 9.59 Å². The Morgan fingerprint density at radius 1 is 0.947 bits per heavy atom. The van der Waals surface area contributed by atoms with Crippen LogP contribution in [0.4, 0.5) is 5.69 Å². The van der Waals surface area contributed by atoms with E-state index in [0.717, 1.165) is 34.8 Å². The number of carbonyl (C=O) groups excluding carboxylic acids is 2. The van der Waals surface area contributed by atoms with Gasteiger partial charge >= 0.3 is 0 Å². The molecule has 0 atom stereocenters. The molecule has 1 saturated heterocycles. The van der Waals surface area contributed by atoms with Gasteiger partial charge in [0.15, 0.2) is 18.6 Å². The summed E-state index contributed by atoms with van der Waals surface area (Å²) in [4.78, 5) is 31.5. The molecule has 0 bridgehead atoms. The second-order valence-electron chi connectivity index (χ2n) is 9.54. The molecule has 6 rings (SSSR count). The van der Waals surface area contributed by atoms with Crippen LogP contribution in [0.3, 0.4) is 0 Å². The highest BCUT2D eigenvalue weighted by Gasteiger charge is 2.25. The van der Waals surface area contributed by atoms with Crippen LogP contribution >= 0.6 is 0 Å². The fourth-order valence-corrected chi connectivity index (χ4v) is 5.09. The Morgan fingerprint density at radius 3 is 2.58 bits per heavy atom. The first-order valence-corrected chi connectivity index (χ1v) is 12.8. The van der Waals surface area contributed by atoms with E-state index in [9.17, 15) is 9.59 Å². The van der Waals surface area contributed by atoms with Gasteiger partial charge in [0.1, 0.15) is 11.3 Å². The molecule has 38 heavy (non-hydrogen) atoms. The molecule has 7 heteroatoms. The Morgan fingerprint density at radius 2 is 1.74 bits per heavy atom. The van der Waals surface area contributed by atoms with E-state index in [4.69, 9.17) is 9.15 Å². The number of nitrogens with one attached hydrogen (secondary N) is 1. The number of hydrogen-bond acceptors (Lipinski definition) is 5. The van der Waals surface area contributed by atoms with E-state index >= 15 is 0 Å². The third-order valence-electron chi connectivity index (χ3n) is 7.13. The van der Waals surface area contributed by atoms with Crippen molar-refractivity contribution < 1.29 is 18.7 Å². The number of nitrogens with zero attached hydrogens (tertiary/aromatic N) is 2. The van der Waals surface area contributed by atoms with Crippen LogP contribution in [0, 0.1) is 0 Å². The van der Waals surface area contributed by atoms with Gasteiger partial charge in [-0.1, -0.05) is 48.5 Å². The minimum Gasteiger partial charge on any atom is -0.483 e. The molecule has 1 aliphatic rings. The standard InChI is InChI=1S/C31H27N3O4/c35-30(19-37-28-7-3-5-23-4-1-2-6-26(23)28)33-25-11-8-21(9-12-25)22-14-16-34(17-15-22)31(36)24-10-13-27-29(18-24)38-20-32-27/h1-13,18,20,22H,14-17,19H2,(H,33,35). The van der Waals surface area contributed by atoms with Crippen LogP contribution in [0.2, 0.25) is 0 Å². The summed E-state index contributed by atoms with van der Waals surface area (Å²) in [5.74, 6) is 0.874. The zero-order valence-corrected chi connectivity index (χ0v) is 20.8. The number of aromatic nitrogens is 1. The van der Waals surface area contributed by atoms with E-state index in [1.165, 1.54) is 12.0 Å². The molecule has 0 unspecified atom stereocenters. The van der Waals surface area contributed by atoms with Crippen molar-refractivity contribution in [3.8, 4) is 5.75 Å². The summed E-state index contributed by atoms with van der Waals surface area (Å²) in [6.45, 7) is 1.33. The van der Waals surface area contributed by atoms with Gasteiger partial charge in [0, 0.05) is 29.7 Å². The first-order valence-electron chi connectivity index (χ1n) is 12.8. The average Bonchev–Trinajstić information content (AvgIpc) is 3.44. The molecule has 1 N–H and O–H groups in total. The largest absolute Gasteiger partial charge is 0.483 e. The molecule has 2 heterocycles. The van der Waals surface area contributed by atoms with Crippen molar-refractivity contribution in [3.05, 3.63) is 102 Å². The summed E-state index contributed by atoms with van der Waals surface area (Å²) in [7, 11) is 0. The number of rotatable bonds is 6. The summed E-state index contributed by atoms with van der Waals surface area (Å²) in [6.07, 6.45) is 3.17. The van der Waals surface area contributed by atoms with E-state index < -0.39 is 0 Å². The summed E-state index contributed by atoms with van der Waals surface area (Å²) in [5.41, 5.74) is 3.94. The van der Waals surface area contributed by atoms with E-state index in [-0.39, 0.29) is 18.4 Å². The van der Waals surface area contributed by atoms with Gasteiger partial charge < -0.3 is 19.4 Å². The Kier molecular flexibility index (Phi) is 6.48. The number of likely N-dealkylation sites (tertiary alicyclic amines) is 1. The van der Waals surface area contributed by atoms with Crippen LogP contribution in [0.15, 0.2) is 95.7 Å². The maximum Gasteiger partial charge on any atom is 0.262 e. The topological polar surface area (TPSA) is 84.7 Å². The van der Waals surface area contributed by atoms with Crippen molar-refractivity contribution in [1.29, 1.82) is 0 Å². The smallest absolute Gasteiger partial charge is 0.262 e. The van der Waals surface area contributed by atoms with Crippen LogP contribution in [0.25, 0.3) is 21.9 Å². The fraction of sp³-hybridized carbons (Fsp3) is 0.194. The number of amides is 2. The molecule has 1 aromatic heterocycles. The van der Waals surface area contributed by atoms with E-state index in [2.05, 4.69) is 22.4 Å². The third kappa shape index (κ3) is 4.95. The lowest BCUT2D eigenvalue weighted by atomic mass is 9.89. The lowest BCUT2D eigenvalue weighted by Crippen LogP contribution is -2.37. The third-order valence-corrected chi connectivity index (χ3v) is 7.13. The first-order chi connectivity index (χ1) is 18.6. The Balaban J connectivity index is 1.01. The highest BCUT2D eigenvalue weighted by Crippen LogP contribution is 2.30. The van der Waals surface area contributed by atoms with Crippen molar-refractivity contribution in [2.45, 2.75) is 18.8 Å². The second kappa shape index (κ2) is 10.4. The van der Waals surface area contributed by atoms with Crippen molar-refractivity contribution in [3.63, 3.8) is 0 Å². The second-order valence-corrected chi connectivity index (χ2v) is 9.54. The molecule has 4 aromatic carbocycles. The van der Waals surface area contributed by atoms with E-state index in [0.29, 0.717) is 35.9 Å². The van der Waals surface area contributed by atoms with Crippen LogP contribution < -0.4 is 10.1 Å². The highest BCUT2D eigenvalue weighted by molar-refractivity contribution is 5.97. The molecule has 1 fully saturated rings. The predicted octanol–water partition coefficient (Wildman–Crippen LogP) is 6.02. The quantitative estimate of drug-likeness (QED) is 0.305. The minimum atomic E-state index is -0.207. The van der Waals surface area contributed by atoms with Crippen molar-refractivity contribution in [1.82, 2.24) is 9.88 Å². The maximum absolute atomic E-state index is 13.0. The van der Waals surface area contributed by atoms with Gasteiger partial charge in [0.25, 0.3) is 11.8 Å². The molecule has 0 spiro atoms. The van der Waals surface area contributed by atoms with Crippen molar-refractivity contribution >= 4 is 39.4 Å². The summed E-state index contributed by atoms with van der Waals surface area (Å²) >= 11 is 0. The number of anilines is 1. The Labute approximate surface area is 220 Å². The van der Waals surface area contributed by atoms with E-state index in [1.807, 2.05) is 65.6 Å². The number of hydrogen-bond donors (Lipinski definition) is 1. The Hall–Kier alpha value is -4.65. The summed E-state index contributed by atoms with van der Waals surface area (Å²) < 4.78 is 11.1. The van der Waals surface area contributed by atoms with Gasteiger partial charge in [-0.15, -0.1) is 0 Å². The lowest BCUT2D eigenvalue weighted by molar-refractivity contribution is -0.118. The minimum absolute atomic E-state index is 0.0190. The number of fused-ring (bicyclic) bond motifs is 2. The van der Waals surface area contributed by atoms with Crippen LogP contribution in [0.1, 0.15) is 34.7 Å². The van der Waals surface area contributed by atoms with Gasteiger partial charge in [-0.05, 0) is 66.1 Å². The summed E-state index contributed by atoms with van der Waals surface area (Å²) in [6, 6.07) is 27.1. The van der Waals surface area contributed by atoms with Crippen LogP contribution in [-0.4, -0.2) is 41.4 Å². The van der Waals surface area contributed by atoms with Gasteiger partial charge in [-0.2, -0.15) is 0 Å². The average molecular weight is 506 g/mol. The van der Waals surface area contributed by atoms with Crippen LogP contribution in [-0.2, 0) is 4.79 Å². The number of carbonyl (C=O) groups is 2. The molecule has 1 aliphatic heterocycles. The lowest BCUT2D eigenvalue weighted by Gasteiger charge is -2.32. The zero-order chi connectivity index (χ0) is 25.9. The van der Waals surface area contributed by atoms with E-state index in [1.54, 1.807) is 12.1 Å². The molecule has 0 aliphatic carbocycles. The molecular weight excluding hydrogens is 478 g/mol. The molecular formula is C31H27N3O4. The number of oxazole rings is 1. The van der Waals surface area contributed by atoms with Gasteiger partial charge in [0.05, 0.1) is 0 Å². The highest BCUT2D eigenvalue weighted by atomic mass is 16.5. The fourth-order valence-electron chi connectivity index (χ4n) is 5.09. The number of ether oxygens (including phenoxy) is 1.